The van der Waals surface area contributed by atoms with Gasteiger partial charge in [0.1, 0.15) is 0 Å². The molecule has 4 N–H and O–H groups in total. The Labute approximate surface area is 215 Å². The maximum Gasteiger partial charge on any atom is 0.338 e. The number of hydrogen-bond acceptors (Lipinski definition) is 4. The predicted molar refractivity (Wildman–Crippen MR) is 146 cm³/mol. The zero-order chi connectivity index (χ0) is 26.6. The summed E-state index contributed by atoms with van der Waals surface area (Å²) in [5, 5.41) is 10.7. The Balaban J connectivity index is 1.75. The van der Waals surface area contributed by atoms with Gasteiger partial charge >= 0.3 is 18.0 Å². The summed E-state index contributed by atoms with van der Waals surface area (Å²) < 4.78 is 5.30. The number of urea groups is 2. The van der Waals surface area contributed by atoms with Crippen molar-refractivity contribution in [3.63, 3.8) is 0 Å². The molecule has 3 rings (SSSR count). The van der Waals surface area contributed by atoms with Crippen LogP contribution in [0.5, 0.6) is 0 Å². The van der Waals surface area contributed by atoms with Gasteiger partial charge in [-0.25, -0.2) is 14.4 Å². The van der Waals surface area contributed by atoms with Crippen molar-refractivity contribution >= 4 is 40.8 Å². The van der Waals surface area contributed by atoms with Crippen molar-refractivity contribution in [2.24, 2.45) is 0 Å². The summed E-state index contributed by atoms with van der Waals surface area (Å²) in [6.45, 7) is 2.25. The normalized spacial score (nSPS) is 9.81. The molecule has 8 heteroatoms. The molecule has 0 saturated heterocycles. The monoisotopic (exact) mass is 494 g/mol. The van der Waals surface area contributed by atoms with Crippen molar-refractivity contribution in [1.29, 1.82) is 0 Å². The molecule has 3 aromatic rings. The van der Waals surface area contributed by atoms with Crippen LogP contribution in [-0.2, 0) is 4.74 Å². The molecule has 8 nitrogen and oxygen atoms in total. The molecule has 0 atom stereocenters. The molecule has 0 aliphatic rings. The first-order valence-electron chi connectivity index (χ1n) is 11.5. The van der Waals surface area contributed by atoms with Crippen LogP contribution in [0.3, 0.4) is 0 Å². The molecule has 0 unspecified atom stereocenters. The van der Waals surface area contributed by atoms with E-state index in [4.69, 9.17) is 17.6 Å². The number of amides is 4. The topological polar surface area (TPSA) is 109 Å². The van der Waals surface area contributed by atoms with E-state index in [0.29, 0.717) is 22.5 Å². The van der Waals surface area contributed by atoms with Crippen molar-refractivity contribution < 1.29 is 19.1 Å². The third-order valence-corrected chi connectivity index (χ3v) is 5.03. The van der Waals surface area contributed by atoms with Crippen LogP contribution < -0.4 is 21.3 Å². The zero-order valence-electron chi connectivity index (χ0n) is 20.3. The van der Waals surface area contributed by atoms with E-state index < -0.39 is 18.0 Å². The Bertz CT molecular complexity index is 1260. The summed E-state index contributed by atoms with van der Waals surface area (Å²) >= 11 is 0. The molecular formula is C29H26N4O4. The Kier molecular flexibility index (Phi) is 9.30. The number of hydrogen-bond donors (Lipinski definition) is 4. The molecule has 186 valence electrons. The number of benzene rings is 3. The minimum absolute atomic E-state index is 0.168. The summed E-state index contributed by atoms with van der Waals surface area (Å²) in [6.07, 6.45) is 12.3. The number of carbonyl (C=O) groups excluding carboxylic acids is 3. The molecule has 0 spiro atoms. The zero-order valence-corrected chi connectivity index (χ0v) is 20.3. The van der Waals surface area contributed by atoms with Gasteiger partial charge in [-0.3, -0.25) is 0 Å². The van der Waals surface area contributed by atoms with E-state index in [1.54, 1.807) is 48.5 Å². The van der Waals surface area contributed by atoms with E-state index >= 15 is 0 Å². The molecule has 0 aromatic heterocycles. The minimum Gasteiger partial charge on any atom is -0.462 e. The summed E-state index contributed by atoms with van der Waals surface area (Å²) in [6, 6.07) is 16.8. The average molecular weight is 495 g/mol. The van der Waals surface area contributed by atoms with Crippen LogP contribution in [-0.4, -0.2) is 24.6 Å². The maximum absolute atomic E-state index is 12.6. The molecule has 0 aliphatic heterocycles. The van der Waals surface area contributed by atoms with Gasteiger partial charge in [0.05, 0.1) is 12.2 Å². The van der Waals surface area contributed by atoms with E-state index in [1.807, 2.05) is 6.92 Å². The molecule has 0 bridgehead atoms. The van der Waals surface area contributed by atoms with Crippen LogP contribution in [0, 0.1) is 24.7 Å². The number of ether oxygens (including phenoxy) is 1. The fourth-order valence-corrected chi connectivity index (χ4v) is 3.17. The lowest BCUT2D eigenvalue weighted by molar-refractivity contribution is 0.0499. The first-order chi connectivity index (χ1) is 17.9. The average Bonchev–Trinajstić information content (AvgIpc) is 2.89. The largest absolute Gasteiger partial charge is 0.462 e. The number of anilines is 4. The SMILES string of the molecule is C#Cc1ccc(NC(=O)Nc2cc(NC(=O)Nc3ccc(C#C)cc3)cc(C(=O)OCCCC)c2)cc1. The van der Waals surface area contributed by atoms with Crippen LogP contribution in [0.15, 0.2) is 66.7 Å². The van der Waals surface area contributed by atoms with Gasteiger partial charge in [0.15, 0.2) is 0 Å². The number of terminal acetylenes is 2. The molecule has 3 aromatic carbocycles. The molecule has 0 saturated carbocycles. The maximum atomic E-state index is 12.6. The highest BCUT2D eigenvalue weighted by atomic mass is 16.5. The van der Waals surface area contributed by atoms with Crippen LogP contribution in [0.25, 0.3) is 0 Å². The lowest BCUT2D eigenvalue weighted by Crippen LogP contribution is -2.21. The molecule has 0 aliphatic carbocycles. The van der Waals surface area contributed by atoms with Crippen molar-refractivity contribution in [1.82, 2.24) is 0 Å². The highest BCUT2D eigenvalue weighted by molar-refractivity contribution is 6.04. The quantitative estimate of drug-likeness (QED) is 0.178. The number of esters is 1. The fourth-order valence-electron chi connectivity index (χ4n) is 3.17. The van der Waals surface area contributed by atoms with Gasteiger partial charge in [0, 0.05) is 33.9 Å². The fraction of sp³-hybridized carbons (Fsp3) is 0.138. The van der Waals surface area contributed by atoms with Crippen molar-refractivity contribution in [2.75, 3.05) is 27.9 Å². The van der Waals surface area contributed by atoms with Gasteiger partial charge in [0.2, 0.25) is 0 Å². The summed E-state index contributed by atoms with van der Waals surface area (Å²) in [7, 11) is 0. The highest BCUT2D eigenvalue weighted by Crippen LogP contribution is 2.21. The van der Waals surface area contributed by atoms with Crippen LogP contribution in [0.1, 0.15) is 41.3 Å². The van der Waals surface area contributed by atoms with E-state index in [-0.39, 0.29) is 23.5 Å². The molecule has 4 amide bonds. The Morgan fingerprint density at radius 3 is 1.54 bits per heavy atom. The summed E-state index contributed by atoms with van der Waals surface area (Å²) in [5.74, 6) is 4.44. The predicted octanol–water partition coefficient (Wildman–Crippen LogP) is 5.89. The first kappa shape index (κ1) is 26.4. The van der Waals surface area contributed by atoms with Gasteiger partial charge in [0.25, 0.3) is 0 Å². The number of rotatable bonds is 8. The Hall–Kier alpha value is -5.21. The van der Waals surface area contributed by atoms with E-state index in [1.165, 1.54) is 18.2 Å². The van der Waals surface area contributed by atoms with Crippen molar-refractivity contribution in [3.05, 3.63) is 83.4 Å². The second-order valence-electron chi connectivity index (χ2n) is 7.89. The third kappa shape index (κ3) is 8.20. The van der Waals surface area contributed by atoms with Gasteiger partial charge in [-0.05, 0) is 73.2 Å². The molecular weight excluding hydrogens is 468 g/mol. The molecule has 0 heterocycles. The second-order valence-corrected chi connectivity index (χ2v) is 7.89. The summed E-state index contributed by atoms with van der Waals surface area (Å²) in [5.41, 5.74) is 3.14. The van der Waals surface area contributed by atoms with Crippen LogP contribution >= 0.6 is 0 Å². The van der Waals surface area contributed by atoms with Gasteiger partial charge < -0.3 is 26.0 Å². The smallest absolute Gasteiger partial charge is 0.338 e. The van der Waals surface area contributed by atoms with E-state index in [9.17, 15) is 14.4 Å². The Morgan fingerprint density at radius 2 is 1.14 bits per heavy atom. The molecule has 37 heavy (non-hydrogen) atoms. The second kappa shape index (κ2) is 13.0. The van der Waals surface area contributed by atoms with Gasteiger partial charge in [-0.1, -0.05) is 25.2 Å². The third-order valence-electron chi connectivity index (χ3n) is 5.03. The number of carbonyl (C=O) groups is 3. The van der Waals surface area contributed by atoms with Crippen LogP contribution in [0.2, 0.25) is 0 Å². The van der Waals surface area contributed by atoms with Gasteiger partial charge in [-0.15, -0.1) is 12.8 Å². The minimum atomic E-state index is -0.573. The van der Waals surface area contributed by atoms with Crippen molar-refractivity contribution in [3.8, 4) is 24.7 Å². The molecule has 0 fully saturated rings. The number of nitrogens with one attached hydrogen (secondary N) is 4. The van der Waals surface area contributed by atoms with Crippen molar-refractivity contribution in [2.45, 2.75) is 19.8 Å². The summed E-state index contributed by atoms with van der Waals surface area (Å²) in [4.78, 5) is 37.7. The highest BCUT2D eigenvalue weighted by Gasteiger charge is 2.14. The van der Waals surface area contributed by atoms with Gasteiger partial charge in [-0.2, -0.15) is 0 Å². The van der Waals surface area contributed by atoms with E-state index in [2.05, 4.69) is 33.1 Å². The Morgan fingerprint density at radius 1 is 0.703 bits per heavy atom. The van der Waals surface area contributed by atoms with E-state index in [0.717, 1.165) is 12.8 Å². The lowest BCUT2D eigenvalue weighted by Gasteiger charge is -2.13. The van der Waals surface area contributed by atoms with Crippen LogP contribution in [0.4, 0.5) is 32.3 Å². The first-order valence-corrected chi connectivity index (χ1v) is 11.5. The standard InChI is InChI=1S/C29H26N4O4/c1-4-7-16-37-27(34)22-17-25(32-28(35)30-23-12-8-20(5-2)9-13-23)19-26(18-22)33-29(36)31-24-14-10-21(6-3)11-15-24/h2-3,8-15,17-19H,4,7,16H2,1H3,(H2,30,32,35)(H2,31,33,36). The molecule has 0 radical (unpaired) electrons. The lowest BCUT2D eigenvalue weighted by atomic mass is 10.1. The number of unbranched alkanes of at least 4 members (excludes halogenated alkanes) is 1.